The van der Waals surface area contributed by atoms with Gasteiger partial charge in [-0.25, -0.2) is 4.39 Å². The van der Waals surface area contributed by atoms with Crippen LogP contribution in [0.1, 0.15) is 39.6 Å². The monoisotopic (exact) mass is 376 g/mol. The largest absolute Gasteiger partial charge is 0.349 e. The van der Waals surface area contributed by atoms with E-state index in [9.17, 15) is 14.0 Å². The van der Waals surface area contributed by atoms with Crippen LogP contribution in [0, 0.1) is 11.7 Å². The molecule has 1 saturated heterocycles. The van der Waals surface area contributed by atoms with Crippen molar-refractivity contribution >= 4 is 24.1 Å². The first-order chi connectivity index (χ1) is 12.1. The lowest BCUT2D eigenvalue weighted by Crippen LogP contribution is -2.48. The molecule has 1 fully saturated rings. The molecule has 2 aromatic rings. The normalized spacial score (nSPS) is 19.3. The summed E-state index contributed by atoms with van der Waals surface area (Å²) in [6.45, 7) is 3.82. The van der Waals surface area contributed by atoms with E-state index in [-0.39, 0.29) is 30.1 Å². The van der Waals surface area contributed by atoms with E-state index in [4.69, 9.17) is 0 Å². The van der Waals surface area contributed by atoms with Crippen LogP contribution in [-0.2, 0) is 0 Å². The molecular formula is C20H22ClFN2O2. The predicted octanol–water partition coefficient (Wildman–Crippen LogP) is 3.21. The number of ketones is 1. The Kier molecular flexibility index (Phi) is 6.89. The number of carbonyl (C=O) groups is 2. The lowest BCUT2D eigenvalue weighted by Gasteiger charge is -2.30. The van der Waals surface area contributed by atoms with Crippen molar-refractivity contribution in [3.8, 4) is 0 Å². The van der Waals surface area contributed by atoms with Gasteiger partial charge in [0.2, 0.25) is 0 Å². The van der Waals surface area contributed by atoms with Crippen molar-refractivity contribution in [3.05, 3.63) is 71.0 Å². The van der Waals surface area contributed by atoms with Crippen LogP contribution < -0.4 is 10.6 Å². The molecule has 1 aliphatic rings. The van der Waals surface area contributed by atoms with Crippen molar-refractivity contribution in [2.45, 2.75) is 19.4 Å². The van der Waals surface area contributed by atoms with E-state index in [0.29, 0.717) is 22.6 Å². The van der Waals surface area contributed by atoms with Gasteiger partial charge in [0.05, 0.1) is 5.56 Å². The third kappa shape index (κ3) is 4.48. The Labute approximate surface area is 158 Å². The molecule has 1 heterocycles. The van der Waals surface area contributed by atoms with Crippen molar-refractivity contribution in [1.29, 1.82) is 0 Å². The van der Waals surface area contributed by atoms with Gasteiger partial charge >= 0.3 is 0 Å². The molecule has 26 heavy (non-hydrogen) atoms. The maximum atomic E-state index is 13.1. The van der Waals surface area contributed by atoms with Gasteiger partial charge in [-0.1, -0.05) is 25.1 Å². The van der Waals surface area contributed by atoms with E-state index in [2.05, 4.69) is 17.6 Å². The maximum absolute atomic E-state index is 13.1. The van der Waals surface area contributed by atoms with Gasteiger partial charge in [-0.15, -0.1) is 12.4 Å². The van der Waals surface area contributed by atoms with Crippen LogP contribution in [-0.4, -0.2) is 30.8 Å². The van der Waals surface area contributed by atoms with E-state index >= 15 is 0 Å². The third-order valence-corrected chi connectivity index (χ3v) is 4.62. The Morgan fingerprint density at radius 3 is 2.38 bits per heavy atom. The highest BCUT2D eigenvalue weighted by molar-refractivity contribution is 6.15. The molecule has 0 aliphatic carbocycles. The second-order valence-corrected chi connectivity index (χ2v) is 6.43. The molecule has 1 aliphatic heterocycles. The van der Waals surface area contributed by atoms with E-state index < -0.39 is 5.82 Å². The van der Waals surface area contributed by atoms with Gasteiger partial charge in [0, 0.05) is 17.2 Å². The number of piperidine rings is 1. The minimum absolute atomic E-state index is 0. The second kappa shape index (κ2) is 8.92. The number of benzene rings is 2. The molecule has 6 heteroatoms. The number of hydrogen-bond acceptors (Lipinski definition) is 3. The number of halogens is 2. The minimum atomic E-state index is -0.400. The van der Waals surface area contributed by atoms with E-state index in [0.717, 1.165) is 19.5 Å². The summed E-state index contributed by atoms with van der Waals surface area (Å²) >= 11 is 0. The SMILES string of the molecule is CC1CNCCC1NC(=O)c1ccccc1C(=O)c1ccc(F)cc1.Cl. The molecule has 0 saturated carbocycles. The van der Waals surface area contributed by atoms with Crippen LogP contribution in [0.25, 0.3) is 0 Å². The van der Waals surface area contributed by atoms with Crippen molar-refractivity contribution in [2.24, 2.45) is 5.92 Å². The first-order valence-electron chi connectivity index (χ1n) is 8.47. The van der Waals surface area contributed by atoms with E-state index in [1.807, 2.05) is 0 Å². The molecule has 4 nitrogen and oxygen atoms in total. The number of rotatable bonds is 4. The fourth-order valence-electron chi connectivity index (χ4n) is 3.11. The van der Waals surface area contributed by atoms with Crippen LogP contribution in [0.5, 0.6) is 0 Å². The van der Waals surface area contributed by atoms with Gasteiger partial charge in [0.25, 0.3) is 5.91 Å². The molecule has 2 unspecified atom stereocenters. The molecule has 0 aromatic heterocycles. The summed E-state index contributed by atoms with van der Waals surface area (Å²) in [4.78, 5) is 25.5. The highest BCUT2D eigenvalue weighted by atomic mass is 35.5. The van der Waals surface area contributed by atoms with Crippen LogP contribution >= 0.6 is 12.4 Å². The molecule has 3 rings (SSSR count). The highest BCUT2D eigenvalue weighted by Crippen LogP contribution is 2.17. The molecule has 2 atom stereocenters. The Hall–Kier alpha value is -2.24. The smallest absolute Gasteiger partial charge is 0.252 e. The summed E-state index contributed by atoms with van der Waals surface area (Å²) in [7, 11) is 0. The quantitative estimate of drug-likeness (QED) is 0.805. The number of nitrogens with one attached hydrogen (secondary N) is 2. The topological polar surface area (TPSA) is 58.2 Å². The van der Waals surface area contributed by atoms with Gasteiger partial charge in [0.15, 0.2) is 5.78 Å². The zero-order chi connectivity index (χ0) is 17.8. The average molecular weight is 377 g/mol. The Morgan fingerprint density at radius 1 is 1.08 bits per heavy atom. The van der Waals surface area contributed by atoms with Crippen molar-refractivity contribution in [3.63, 3.8) is 0 Å². The second-order valence-electron chi connectivity index (χ2n) is 6.43. The first-order valence-corrected chi connectivity index (χ1v) is 8.47. The average Bonchev–Trinajstić information content (AvgIpc) is 2.63. The zero-order valence-electron chi connectivity index (χ0n) is 14.5. The molecule has 138 valence electrons. The van der Waals surface area contributed by atoms with E-state index in [1.165, 1.54) is 24.3 Å². The lowest BCUT2D eigenvalue weighted by atomic mass is 9.93. The summed E-state index contributed by atoms with van der Waals surface area (Å²) in [5, 5.41) is 6.35. The Balaban J connectivity index is 0.00000243. The van der Waals surface area contributed by atoms with Crippen molar-refractivity contribution in [2.75, 3.05) is 13.1 Å². The highest BCUT2D eigenvalue weighted by Gasteiger charge is 2.25. The van der Waals surface area contributed by atoms with Gasteiger partial charge in [-0.05, 0) is 55.8 Å². The molecule has 0 bridgehead atoms. The first kappa shape index (κ1) is 20.1. The molecule has 2 aromatic carbocycles. The summed E-state index contributed by atoms with van der Waals surface area (Å²) in [6.07, 6.45) is 0.862. The number of carbonyl (C=O) groups excluding carboxylic acids is 2. The standard InChI is InChI=1S/C20H21FN2O2.ClH/c1-13-12-22-11-10-18(13)23-20(25)17-5-3-2-4-16(17)19(24)14-6-8-15(21)9-7-14;/h2-9,13,18,22H,10-12H2,1H3,(H,23,25);1H. The molecular weight excluding hydrogens is 355 g/mol. The van der Waals surface area contributed by atoms with Crippen LogP contribution in [0.4, 0.5) is 4.39 Å². The van der Waals surface area contributed by atoms with Crippen molar-refractivity contribution in [1.82, 2.24) is 10.6 Å². The zero-order valence-corrected chi connectivity index (χ0v) is 15.3. The summed E-state index contributed by atoms with van der Waals surface area (Å²) in [5.74, 6) is -0.603. The Bertz CT molecular complexity index is 780. The van der Waals surface area contributed by atoms with Gasteiger partial charge in [-0.2, -0.15) is 0 Å². The molecule has 1 amide bonds. The van der Waals surface area contributed by atoms with Gasteiger partial charge < -0.3 is 10.6 Å². The summed E-state index contributed by atoms with van der Waals surface area (Å²) in [5.41, 5.74) is 1.03. The minimum Gasteiger partial charge on any atom is -0.349 e. The van der Waals surface area contributed by atoms with E-state index in [1.54, 1.807) is 24.3 Å². The fourth-order valence-corrected chi connectivity index (χ4v) is 3.11. The molecule has 0 spiro atoms. The third-order valence-electron chi connectivity index (χ3n) is 4.62. The van der Waals surface area contributed by atoms with Crippen LogP contribution in [0.3, 0.4) is 0 Å². The predicted molar refractivity (Wildman–Crippen MR) is 101 cm³/mol. The summed E-state index contributed by atoms with van der Waals surface area (Å²) < 4.78 is 13.1. The molecule has 2 N–H and O–H groups in total. The fraction of sp³-hybridized carbons (Fsp3) is 0.300. The maximum Gasteiger partial charge on any atom is 0.252 e. The van der Waals surface area contributed by atoms with Gasteiger partial charge in [-0.3, -0.25) is 9.59 Å². The van der Waals surface area contributed by atoms with Crippen molar-refractivity contribution < 1.29 is 14.0 Å². The lowest BCUT2D eigenvalue weighted by molar-refractivity contribution is 0.0905. The Morgan fingerprint density at radius 2 is 1.73 bits per heavy atom. The molecule has 0 radical (unpaired) electrons. The van der Waals surface area contributed by atoms with Gasteiger partial charge in [0.1, 0.15) is 5.82 Å². The number of amides is 1. The van der Waals surface area contributed by atoms with Crippen LogP contribution in [0.2, 0.25) is 0 Å². The number of hydrogen-bond donors (Lipinski definition) is 2. The van der Waals surface area contributed by atoms with Crippen LogP contribution in [0.15, 0.2) is 48.5 Å². The summed E-state index contributed by atoms with van der Waals surface area (Å²) in [6, 6.07) is 12.2.